The quantitative estimate of drug-likeness (QED) is 0.803. The predicted molar refractivity (Wildman–Crippen MR) is 64.9 cm³/mol. The molecule has 0 aliphatic rings. The Hall–Kier alpha value is -0.990. The van der Waals surface area contributed by atoms with E-state index in [-0.39, 0.29) is 0 Å². The van der Waals surface area contributed by atoms with Crippen LogP contribution in [0.3, 0.4) is 0 Å². The molecule has 0 saturated heterocycles. The van der Waals surface area contributed by atoms with Crippen LogP contribution in [0.1, 0.15) is 58.2 Å². The van der Waals surface area contributed by atoms with E-state index in [2.05, 4.69) is 44.8 Å². The highest BCUT2D eigenvalue weighted by Crippen LogP contribution is 2.32. The molecule has 0 aliphatic heterocycles. The standard InChI is InChI=1S/C12H23N3/c1-6-9-10(14-15-11(9)13)8(2)7-12(3,4)5/h8H,6-7H2,1-5H3,(H3,13,14,15). The van der Waals surface area contributed by atoms with Crippen molar-refractivity contribution in [3.63, 3.8) is 0 Å². The Morgan fingerprint density at radius 2 is 2.00 bits per heavy atom. The Bertz CT molecular complexity index is 320. The number of aromatic amines is 1. The first-order valence-corrected chi connectivity index (χ1v) is 5.67. The molecular formula is C12H23N3. The molecule has 0 radical (unpaired) electrons. The molecule has 3 heteroatoms. The summed E-state index contributed by atoms with van der Waals surface area (Å²) >= 11 is 0. The summed E-state index contributed by atoms with van der Waals surface area (Å²) in [7, 11) is 0. The van der Waals surface area contributed by atoms with Gasteiger partial charge in [0.25, 0.3) is 0 Å². The third-order valence-corrected chi connectivity index (χ3v) is 2.70. The summed E-state index contributed by atoms with van der Waals surface area (Å²) in [5, 5.41) is 7.16. The number of nitrogens with one attached hydrogen (secondary N) is 1. The highest BCUT2D eigenvalue weighted by Gasteiger charge is 2.21. The van der Waals surface area contributed by atoms with Crippen molar-refractivity contribution in [2.75, 3.05) is 5.73 Å². The van der Waals surface area contributed by atoms with Crippen LogP contribution in [0.2, 0.25) is 0 Å². The number of rotatable bonds is 3. The minimum absolute atomic E-state index is 0.338. The first-order valence-electron chi connectivity index (χ1n) is 5.67. The molecule has 1 heterocycles. The normalized spacial score (nSPS) is 14.2. The molecule has 86 valence electrons. The SMILES string of the molecule is CCc1c(N)n[nH]c1C(C)CC(C)(C)C. The Kier molecular flexibility index (Phi) is 3.42. The lowest BCUT2D eigenvalue weighted by Gasteiger charge is -2.23. The van der Waals surface area contributed by atoms with Gasteiger partial charge in [-0.15, -0.1) is 0 Å². The van der Waals surface area contributed by atoms with E-state index in [9.17, 15) is 0 Å². The third-order valence-electron chi connectivity index (χ3n) is 2.70. The van der Waals surface area contributed by atoms with Gasteiger partial charge in [0.15, 0.2) is 0 Å². The summed E-state index contributed by atoms with van der Waals surface area (Å²) < 4.78 is 0. The molecule has 1 aromatic rings. The van der Waals surface area contributed by atoms with Gasteiger partial charge in [0, 0.05) is 11.3 Å². The minimum atomic E-state index is 0.338. The zero-order valence-corrected chi connectivity index (χ0v) is 10.5. The van der Waals surface area contributed by atoms with Gasteiger partial charge in [0.1, 0.15) is 5.82 Å². The molecule has 3 nitrogen and oxygen atoms in total. The maximum atomic E-state index is 5.81. The lowest BCUT2D eigenvalue weighted by Crippen LogP contribution is -2.11. The van der Waals surface area contributed by atoms with E-state index in [4.69, 9.17) is 5.73 Å². The van der Waals surface area contributed by atoms with Crippen LogP contribution in [0.25, 0.3) is 0 Å². The van der Waals surface area contributed by atoms with Crippen LogP contribution < -0.4 is 5.73 Å². The van der Waals surface area contributed by atoms with Gasteiger partial charge in [-0.25, -0.2) is 0 Å². The molecule has 0 saturated carbocycles. The Labute approximate surface area is 92.5 Å². The molecule has 1 rings (SSSR count). The van der Waals surface area contributed by atoms with Gasteiger partial charge < -0.3 is 5.73 Å². The molecule has 0 spiro atoms. The van der Waals surface area contributed by atoms with Gasteiger partial charge in [-0.2, -0.15) is 5.10 Å². The van der Waals surface area contributed by atoms with Gasteiger partial charge in [0.2, 0.25) is 0 Å². The average Bonchev–Trinajstić information content (AvgIpc) is 2.43. The van der Waals surface area contributed by atoms with Crippen LogP contribution in [-0.4, -0.2) is 10.2 Å². The van der Waals surface area contributed by atoms with E-state index in [0.717, 1.165) is 12.8 Å². The van der Waals surface area contributed by atoms with Crippen LogP contribution in [0.15, 0.2) is 0 Å². The Balaban J connectivity index is 2.86. The molecule has 1 aromatic heterocycles. The van der Waals surface area contributed by atoms with Gasteiger partial charge >= 0.3 is 0 Å². The fourth-order valence-corrected chi connectivity index (χ4v) is 2.19. The summed E-state index contributed by atoms with van der Waals surface area (Å²) in [6, 6.07) is 0. The van der Waals surface area contributed by atoms with Crippen molar-refractivity contribution in [2.24, 2.45) is 5.41 Å². The third kappa shape index (κ3) is 2.98. The number of hydrogen-bond donors (Lipinski definition) is 2. The number of nitrogens with zero attached hydrogens (tertiary/aromatic N) is 1. The lowest BCUT2D eigenvalue weighted by atomic mass is 9.83. The molecule has 15 heavy (non-hydrogen) atoms. The van der Waals surface area contributed by atoms with Crippen molar-refractivity contribution in [3.05, 3.63) is 11.3 Å². The van der Waals surface area contributed by atoms with Crippen LogP contribution >= 0.6 is 0 Å². The van der Waals surface area contributed by atoms with E-state index >= 15 is 0 Å². The summed E-state index contributed by atoms with van der Waals surface area (Å²) in [5.74, 6) is 1.15. The van der Waals surface area contributed by atoms with Crippen molar-refractivity contribution in [1.29, 1.82) is 0 Å². The second kappa shape index (κ2) is 4.25. The first-order chi connectivity index (χ1) is 6.85. The minimum Gasteiger partial charge on any atom is -0.382 e. The van der Waals surface area contributed by atoms with Gasteiger partial charge in [-0.05, 0) is 24.2 Å². The van der Waals surface area contributed by atoms with Gasteiger partial charge in [-0.3, -0.25) is 5.10 Å². The first kappa shape index (κ1) is 12.1. The summed E-state index contributed by atoms with van der Waals surface area (Å²) in [6.07, 6.45) is 2.09. The molecule has 3 N–H and O–H groups in total. The predicted octanol–water partition coefficient (Wildman–Crippen LogP) is 3.09. The van der Waals surface area contributed by atoms with Crippen molar-refractivity contribution in [3.8, 4) is 0 Å². The Morgan fingerprint density at radius 3 is 2.47 bits per heavy atom. The molecule has 1 unspecified atom stereocenters. The fourth-order valence-electron chi connectivity index (χ4n) is 2.19. The molecule has 0 aliphatic carbocycles. The molecule has 1 atom stereocenters. The number of nitrogens with two attached hydrogens (primary N) is 1. The van der Waals surface area contributed by atoms with Gasteiger partial charge in [-0.1, -0.05) is 34.6 Å². The van der Waals surface area contributed by atoms with E-state index in [0.29, 0.717) is 17.2 Å². The Morgan fingerprint density at radius 1 is 1.40 bits per heavy atom. The number of H-pyrrole nitrogens is 1. The number of anilines is 1. The summed E-state index contributed by atoms with van der Waals surface area (Å²) in [6.45, 7) is 11.1. The highest BCUT2D eigenvalue weighted by atomic mass is 15.2. The maximum Gasteiger partial charge on any atom is 0.148 e. The number of hydrogen-bond acceptors (Lipinski definition) is 2. The van der Waals surface area contributed by atoms with E-state index in [1.54, 1.807) is 0 Å². The maximum absolute atomic E-state index is 5.81. The van der Waals surface area contributed by atoms with Crippen LogP contribution in [-0.2, 0) is 6.42 Å². The molecule has 0 fully saturated rings. The second-order valence-electron chi connectivity index (χ2n) is 5.52. The van der Waals surface area contributed by atoms with Crippen molar-refractivity contribution < 1.29 is 0 Å². The summed E-state index contributed by atoms with van der Waals surface area (Å²) in [5.41, 5.74) is 8.55. The monoisotopic (exact) mass is 209 g/mol. The van der Waals surface area contributed by atoms with Crippen LogP contribution in [0.5, 0.6) is 0 Å². The average molecular weight is 209 g/mol. The molecule has 0 bridgehead atoms. The van der Waals surface area contributed by atoms with E-state index in [1.165, 1.54) is 11.3 Å². The number of nitrogen functional groups attached to an aromatic ring is 1. The zero-order valence-electron chi connectivity index (χ0n) is 10.5. The summed E-state index contributed by atoms with van der Waals surface area (Å²) in [4.78, 5) is 0. The van der Waals surface area contributed by atoms with Crippen LogP contribution in [0.4, 0.5) is 5.82 Å². The van der Waals surface area contributed by atoms with Gasteiger partial charge in [0.05, 0.1) is 0 Å². The van der Waals surface area contributed by atoms with Crippen molar-refractivity contribution in [1.82, 2.24) is 10.2 Å². The largest absolute Gasteiger partial charge is 0.382 e. The lowest BCUT2D eigenvalue weighted by molar-refractivity contribution is 0.345. The smallest absolute Gasteiger partial charge is 0.148 e. The van der Waals surface area contributed by atoms with Crippen molar-refractivity contribution in [2.45, 2.75) is 53.4 Å². The van der Waals surface area contributed by atoms with Crippen molar-refractivity contribution >= 4 is 5.82 Å². The molecule has 0 aromatic carbocycles. The van der Waals surface area contributed by atoms with E-state index < -0.39 is 0 Å². The zero-order chi connectivity index (χ0) is 11.6. The molecular weight excluding hydrogens is 186 g/mol. The molecule has 0 amide bonds. The second-order valence-corrected chi connectivity index (χ2v) is 5.52. The van der Waals surface area contributed by atoms with Crippen LogP contribution in [0, 0.1) is 5.41 Å². The highest BCUT2D eigenvalue weighted by molar-refractivity contribution is 5.43. The fraction of sp³-hybridized carbons (Fsp3) is 0.750. The number of aromatic nitrogens is 2. The van der Waals surface area contributed by atoms with E-state index in [1.807, 2.05) is 0 Å². The topological polar surface area (TPSA) is 54.7 Å².